The number of hydrogen-bond acceptors (Lipinski definition) is 3. The van der Waals surface area contributed by atoms with Gasteiger partial charge >= 0.3 is 0 Å². The van der Waals surface area contributed by atoms with Gasteiger partial charge < -0.3 is 15.8 Å². The van der Waals surface area contributed by atoms with Crippen LogP contribution in [0.4, 0.5) is 5.69 Å². The Morgan fingerprint density at radius 3 is 2.60 bits per heavy atom. The third kappa shape index (κ3) is 4.60. The quantitative estimate of drug-likeness (QED) is 0.743. The summed E-state index contributed by atoms with van der Waals surface area (Å²) in [5, 5.41) is 2.93. The van der Waals surface area contributed by atoms with E-state index in [4.69, 9.17) is 10.5 Å². The zero-order valence-electron chi connectivity index (χ0n) is 13.6. The van der Waals surface area contributed by atoms with E-state index in [1.807, 2.05) is 36.4 Å². The number of anilines is 1. The van der Waals surface area contributed by atoms with Crippen LogP contribution < -0.4 is 15.8 Å². The molecule has 1 saturated carbocycles. The standard InChI is InChI=1S/C19H19BrN2O3/c20-13-7-5-12(6-8-13)14-11-15(14)19(24)22-16-3-1-2-4-17(16)25-10-9-18(21)23/h1-8,14-15H,9-11H2,(H2,21,23)(H,22,24). The average molecular weight is 403 g/mol. The highest BCUT2D eigenvalue weighted by Crippen LogP contribution is 2.48. The SMILES string of the molecule is NC(=O)CCOc1ccccc1NC(=O)C1CC1c1ccc(Br)cc1. The van der Waals surface area contributed by atoms with Crippen LogP contribution in [0.5, 0.6) is 5.75 Å². The van der Waals surface area contributed by atoms with E-state index in [1.54, 1.807) is 12.1 Å². The van der Waals surface area contributed by atoms with E-state index in [0.717, 1.165) is 10.9 Å². The number of nitrogens with one attached hydrogen (secondary N) is 1. The Hall–Kier alpha value is -2.34. The molecule has 0 spiro atoms. The number of para-hydroxylation sites is 2. The molecule has 3 N–H and O–H groups in total. The van der Waals surface area contributed by atoms with Gasteiger partial charge in [0.15, 0.2) is 0 Å². The summed E-state index contributed by atoms with van der Waals surface area (Å²) in [4.78, 5) is 23.3. The Morgan fingerprint density at radius 1 is 1.16 bits per heavy atom. The van der Waals surface area contributed by atoms with Crippen molar-refractivity contribution in [2.75, 3.05) is 11.9 Å². The number of ether oxygens (including phenoxy) is 1. The van der Waals surface area contributed by atoms with Crippen LogP contribution in [0, 0.1) is 5.92 Å². The third-order valence-electron chi connectivity index (χ3n) is 4.18. The van der Waals surface area contributed by atoms with Crippen LogP contribution >= 0.6 is 15.9 Å². The smallest absolute Gasteiger partial charge is 0.228 e. The van der Waals surface area contributed by atoms with Crippen LogP contribution in [0.25, 0.3) is 0 Å². The van der Waals surface area contributed by atoms with Crippen LogP contribution in [0.1, 0.15) is 24.3 Å². The number of carbonyl (C=O) groups is 2. The van der Waals surface area contributed by atoms with Crippen molar-refractivity contribution < 1.29 is 14.3 Å². The van der Waals surface area contributed by atoms with Gasteiger partial charge in [-0.3, -0.25) is 9.59 Å². The Kier molecular flexibility index (Phi) is 5.38. The molecule has 130 valence electrons. The predicted octanol–water partition coefficient (Wildman–Crippen LogP) is 3.45. The summed E-state index contributed by atoms with van der Waals surface area (Å²) in [6.07, 6.45) is 0.981. The van der Waals surface area contributed by atoms with Gasteiger partial charge in [0.1, 0.15) is 5.75 Å². The number of halogens is 1. The summed E-state index contributed by atoms with van der Waals surface area (Å²) < 4.78 is 6.58. The minimum Gasteiger partial charge on any atom is -0.491 e. The zero-order chi connectivity index (χ0) is 17.8. The van der Waals surface area contributed by atoms with E-state index in [1.165, 1.54) is 5.56 Å². The molecule has 2 aromatic rings. The van der Waals surface area contributed by atoms with Gasteiger partial charge in [-0.05, 0) is 42.2 Å². The first kappa shape index (κ1) is 17.5. The molecule has 1 aliphatic rings. The number of benzene rings is 2. The third-order valence-corrected chi connectivity index (χ3v) is 4.70. The van der Waals surface area contributed by atoms with Crippen LogP contribution in [0.2, 0.25) is 0 Å². The summed E-state index contributed by atoms with van der Waals surface area (Å²) >= 11 is 3.42. The molecule has 25 heavy (non-hydrogen) atoms. The summed E-state index contributed by atoms with van der Waals surface area (Å²) in [7, 11) is 0. The molecule has 0 bridgehead atoms. The molecule has 0 aromatic heterocycles. The highest BCUT2D eigenvalue weighted by atomic mass is 79.9. The van der Waals surface area contributed by atoms with Gasteiger partial charge in [-0.1, -0.05) is 40.2 Å². The summed E-state index contributed by atoms with van der Waals surface area (Å²) in [6.45, 7) is 0.188. The maximum Gasteiger partial charge on any atom is 0.228 e. The molecule has 1 fully saturated rings. The summed E-state index contributed by atoms with van der Waals surface area (Å²) in [5.74, 6) is 0.338. The van der Waals surface area contributed by atoms with Gasteiger partial charge in [-0.25, -0.2) is 0 Å². The van der Waals surface area contributed by atoms with E-state index >= 15 is 0 Å². The van der Waals surface area contributed by atoms with Crippen molar-refractivity contribution in [1.82, 2.24) is 0 Å². The molecule has 5 nitrogen and oxygen atoms in total. The van der Waals surface area contributed by atoms with E-state index in [-0.39, 0.29) is 30.8 Å². The molecule has 2 aromatic carbocycles. The minimum absolute atomic E-state index is 0.0149. The largest absolute Gasteiger partial charge is 0.491 e. The van der Waals surface area contributed by atoms with Gasteiger partial charge in [-0.15, -0.1) is 0 Å². The molecule has 6 heteroatoms. The molecule has 2 unspecified atom stereocenters. The van der Waals surface area contributed by atoms with Crippen LogP contribution in [0.15, 0.2) is 53.0 Å². The van der Waals surface area contributed by atoms with Crippen LogP contribution in [0.3, 0.4) is 0 Å². The maximum absolute atomic E-state index is 12.5. The second kappa shape index (κ2) is 7.70. The normalized spacial score (nSPS) is 18.4. The zero-order valence-corrected chi connectivity index (χ0v) is 15.2. The maximum atomic E-state index is 12.5. The van der Waals surface area contributed by atoms with E-state index in [9.17, 15) is 9.59 Å². The topological polar surface area (TPSA) is 81.4 Å². The fourth-order valence-electron chi connectivity index (χ4n) is 2.75. The van der Waals surface area contributed by atoms with Crippen LogP contribution in [-0.2, 0) is 9.59 Å². The summed E-state index contributed by atoms with van der Waals surface area (Å²) in [5.41, 5.74) is 6.90. The van der Waals surface area contributed by atoms with Gasteiger partial charge in [0, 0.05) is 10.4 Å². The molecule has 0 heterocycles. The van der Waals surface area contributed by atoms with Crippen molar-refractivity contribution in [2.24, 2.45) is 11.7 Å². The van der Waals surface area contributed by atoms with Crippen molar-refractivity contribution in [1.29, 1.82) is 0 Å². The summed E-state index contributed by atoms with van der Waals surface area (Å²) in [6, 6.07) is 15.3. The predicted molar refractivity (Wildman–Crippen MR) is 99.4 cm³/mol. The first-order valence-electron chi connectivity index (χ1n) is 8.11. The van der Waals surface area contributed by atoms with E-state index in [0.29, 0.717) is 11.4 Å². The second-order valence-corrected chi connectivity index (χ2v) is 6.97. The molecule has 0 radical (unpaired) electrons. The number of primary amides is 1. The van der Waals surface area contributed by atoms with Gasteiger partial charge in [0.2, 0.25) is 11.8 Å². The Morgan fingerprint density at radius 2 is 1.88 bits per heavy atom. The Bertz CT molecular complexity index is 776. The molecular weight excluding hydrogens is 384 g/mol. The fraction of sp³-hybridized carbons (Fsp3) is 0.263. The Balaban J connectivity index is 1.60. The lowest BCUT2D eigenvalue weighted by Gasteiger charge is -2.12. The number of amides is 2. The van der Waals surface area contributed by atoms with Crippen molar-refractivity contribution in [2.45, 2.75) is 18.8 Å². The highest BCUT2D eigenvalue weighted by molar-refractivity contribution is 9.10. The number of hydrogen-bond donors (Lipinski definition) is 2. The molecule has 2 atom stereocenters. The molecule has 3 rings (SSSR count). The number of rotatable bonds is 7. The Labute approximate surface area is 154 Å². The molecular formula is C19H19BrN2O3. The fourth-order valence-corrected chi connectivity index (χ4v) is 3.01. The van der Waals surface area contributed by atoms with Gasteiger partial charge in [0.25, 0.3) is 0 Å². The van der Waals surface area contributed by atoms with Crippen molar-refractivity contribution >= 4 is 33.4 Å². The molecule has 0 aliphatic heterocycles. The highest BCUT2D eigenvalue weighted by Gasteiger charge is 2.44. The van der Waals surface area contributed by atoms with E-state index in [2.05, 4.69) is 21.2 Å². The van der Waals surface area contributed by atoms with Crippen LogP contribution in [-0.4, -0.2) is 18.4 Å². The van der Waals surface area contributed by atoms with Crippen molar-refractivity contribution in [3.05, 3.63) is 58.6 Å². The monoisotopic (exact) mass is 402 g/mol. The minimum atomic E-state index is -0.420. The lowest BCUT2D eigenvalue weighted by atomic mass is 10.1. The molecule has 0 saturated heterocycles. The molecule has 2 amide bonds. The second-order valence-electron chi connectivity index (χ2n) is 6.05. The molecule has 1 aliphatic carbocycles. The number of carbonyl (C=O) groups excluding carboxylic acids is 2. The number of nitrogens with two attached hydrogens (primary N) is 1. The van der Waals surface area contributed by atoms with Crippen molar-refractivity contribution in [3.63, 3.8) is 0 Å². The average Bonchev–Trinajstić information content (AvgIpc) is 3.37. The van der Waals surface area contributed by atoms with Gasteiger partial charge in [0.05, 0.1) is 18.7 Å². The first-order chi connectivity index (χ1) is 12.0. The van der Waals surface area contributed by atoms with E-state index < -0.39 is 5.91 Å². The lowest BCUT2D eigenvalue weighted by Crippen LogP contribution is -2.17. The lowest BCUT2D eigenvalue weighted by molar-refractivity contribution is -0.119. The van der Waals surface area contributed by atoms with Gasteiger partial charge in [-0.2, -0.15) is 0 Å². The van der Waals surface area contributed by atoms with Crippen molar-refractivity contribution in [3.8, 4) is 5.75 Å². The first-order valence-corrected chi connectivity index (χ1v) is 8.90.